The Morgan fingerprint density at radius 1 is 1.17 bits per heavy atom. The maximum Gasteiger partial charge on any atom is 0.294 e. The molecule has 30 heavy (non-hydrogen) atoms. The predicted molar refractivity (Wildman–Crippen MR) is 118 cm³/mol. The van der Waals surface area contributed by atoms with E-state index in [2.05, 4.69) is 12.2 Å². The summed E-state index contributed by atoms with van der Waals surface area (Å²) >= 11 is 0. The van der Waals surface area contributed by atoms with Crippen LogP contribution in [0.25, 0.3) is 6.08 Å². The number of aryl methyl sites for hydroxylation is 1. The number of anilines is 1. The molecular formula is C25H28N2O3. The summed E-state index contributed by atoms with van der Waals surface area (Å²) in [7, 11) is 0. The summed E-state index contributed by atoms with van der Waals surface area (Å²) in [6.45, 7) is 4.17. The van der Waals surface area contributed by atoms with Crippen molar-refractivity contribution in [2.75, 3.05) is 11.4 Å². The van der Waals surface area contributed by atoms with Crippen molar-refractivity contribution < 1.29 is 14.3 Å². The first-order chi connectivity index (χ1) is 14.5. The molecule has 5 nitrogen and oxygen atoms in total. The Hall–Kier alpha value is -3.08. The molecule has 2 amide bonds. The maximum atomic E-state index is 13.2. The van der Waals surface area contributed by atoms with Crippen molar-refractivity contribution >= 4 is 23.6 Å². The van der Waals surface area contributed by atoms with E-state index in [1.54, 1.807) is 6.08 Å². The molecule has 5 heteroatoms. The van der Waals surface area contributed by atoms with Crippen molar-refractivity contribution in [2.45, 2.75) is 45.6 Å². The first-order valence-electron chi connectivity index (χ1n) is 10.7. The molecule has 1 fully saturated rings. The third-order valence-corrected chi connectivity index (χ3v) is 5.93. The van der Waals surface area contributed by atoms with Crippen LogP contribution in [0.5, 0.6) is 5.75 Å². The van der Waals surface area contributed by atoms with E-state index in [9.17, 15) is 9.59 Å². The minimum Gasteiger partial charge on any atom is -0.449 e. The van der Waals surface area contributed by atoms with E-state index in [1.807, 2.05) is 55.5 Å². The minimum atomic E-state index is -0.304. The van der Waals surface area contributed by atoms with Gasteiger partial charge in [0.2, 0.25) is 5.91 Å². The Morgan fingerprint density at radius 3 is 2.77 bits per heavy atom. The highest BCUT2D eigenvalue weighted by atomic mass is 16.5. The van der Waals surface area contributed by atoms with Gasteiger partial charge < -0.3 is 10.1 Å². The highest BCUT2D eigenvalue weighted by Crippen LogP contribution is 2.35. The molecule has 1 aliphatic carbocycles. The SMILES string of the molecule is Cc1cccc(/C=C2/Oc3ccccc3N(CC(=O)N[C@H]3CCCC[C@H]3C)C2=O)c1. The van der Waals surface area contributed by atoms with Crippen LogP contribution >= 0.6 is 0 Å². The zero-order valence-electron chi connectivity index (χ0n) is 17.6. The van der Waals surface area contributed by atoms with Gasteiger partial charge in [-0.1, -0.05) is 61.7 Å². The molecule has 2 aliphatic rings. The third kappa shape index (κ3) is 4.40. The summed E-state index contributed by atoms with van der Waals surface area (Å²) < 4.78 is 5.91. The lowest BCUT2D eigenvalue weighted by Crippen LogP contribution is -2.48. The summed E-state index contributed by atoms with van der Waals surface area (Å²) in [6.07, 6.45) is 6.22. The van der Waals surface area contributed by atoms with Crippen LogP contribution in [0.3, 0.4) is 0 Å². The number of carbonyl (C=O) groups is 2. The lowest BCUT2D eigenvalue weighted by molar-refractivity contribution is -0.124. The Labute approximate surface area is 177 Å². The Bertz CT molecular complexity index is 982. The number of rotatable bonds is 4. The van der Waals surface area contributed by atoms with Crippen LogP contribution < -0.4 is 15.0 Å². The van der Waals surface area contributed by atoms with E-state index in [-0.39, 0.29) is 30.2 Å². The number of ether oxygens (including phenoxy) is 1. The normalized spacial score (nSPS) is 22.4. The van der Waals surface area contributed by atoms with Gasteiger partial charge in [-0.05, 0) is 49.5 Å². The summed E-state index contributed by atoms with van der Waals surface area (Å²) in [5.74, 6) is 0.830. The molecule has 0 bridgehead atoms. The van der Waals surface area contributed by atoms with Gasteiger partial charge in [0.05, 0.1) is 5.69 Å². The molecule has 2 aromatic carbocycles. The van der Waals surface area contributed by atoms with Gasteiger partial charge in [0.15, 0.2) is 11.5 Å². The highest BCUT2D eigenvalue weighted by Gasteiger charge is 2.32. The summed E-state index contributed by atoms with van der Waals surface area (Å²) in [6, 6.07) is 15.4. The van der Waals surface area contributed by atoms with Crippen molar-refractivity contribution in [3.63, 3.8) is 0 Å². The van der Waals surface area contributed by atoms with Gasteiger partial charge in [0.25, 0.3) is 5.91 Å². The third-order valence-electron chi connectivity index (χ3n) is 5.93. The number of hydrogen-bond acceptors (Lipinski definition) is 3. The van der Waals surface area contributed by atoms with E-state index in [4.69, 9.17) is 4.74 Å². The highest BCUT2D eigenvalue weighted by molar-refractivity contribution is 6.12. The number of nitrogens with one attached hydrogen (secondary N) is 1. The number of nitrogens with zero attached hydrogens (tertiary/aromatic N) is 1. The van der Waals surface area contributed by atoms with Gasteiger partial charge in [-0.3, -0.25) is 14.5 Å². The van der Waals surface area contributed by atoms with Crippen molar-refractivity contribution in [1.29, 1.82) is 0 Å². The van der Waals surface area contributed by atoms with Crippen LogP contribution in [0, 0.1) is 12.8 Å². The van der Waals surface area contributed by atoms with E-state index in [0.29, 0.717) is 17.4 Å². The van der Waals surface area contributed by atoms with Crippen molar-refractivity contribution in [2.24, 2.45) is 5.92 Å². The monoisotopic (exact) mass is 404 g/mol. The number of amides is 2. The van der Waals surface area contributed by atoms with E-state index in [0.717, 1.165) is 30.4 Å². The van der Waals surface area contributed by atoms with Crippen LogP contribution in [0.4, 0.5) is 5.69 Å². The quantitative estimate of drug-likeness (QED) is 0.766. The van der Waals surface area contributed by atoms with Crippen molar-refractivity contribution in [1.82, 2.24) is 5.32 Å². The zero-order valence-corrected chi connectivity index (χ0v) is 17.6. The fourth-order valence-corrected chi connectivity index (χ4v) is 4.26. The van der Waals surface area contributed by atoms with Gasteiger partial charge >= 0.3 is 0 Å². The van der Waals surface area contributed by atoms with Crippen LogP contribution in [0.1, 0.15) is 43.7 Å². The van der Waals surface area contributed by atoms with Gasteiger partial charge in [-0.2, -0.15) is 0 Å². The van der Waals surface area contributed by atoms with Gasteiger partial charge in [-0.25, -0.2) is 0 Å². The van der Waals surface area contributed by atoms with E-state index >= 15 is 0 Å². The molecule has 1 N–H and O–H groups in total. The van der Waals surface area contributed by atoms with Gasteiger partial charge in [-0.15, -0.1) is 0 Å². The molecule has 0 aromatic heterocycles. The summed E-state index contributed by atoms with van der Waals surface area (Å²) in [5.41, 5.74) is 2.61. The minimum absolute atomic E-state index is 0.0203. The molecule has 1 aliphatic heterocycles. The first kappa shape index (κ1) is 20.2. The molecule has 0 saturated heterocycles. The molecular weight excluding hydrogens is 376 g/mol. The van der Waals surface area contributed by atoms with Crippen molar-refractivity contribution in [3.8, 4) is 5.75 Å². The largest absolute Gasteiger partial charge is 0.449 e. The van der Waals surface area contributed by atoms with E-state index in [1.165, 1.54) is 11.3 Å². The molecule has 2 aromatic rings. The average Bonchev–Trinajstić information content (AvgIpc) is 2.73. The smallest absolute Gasteiger partial charge is 0.294 e. The topological polar surface area (TPSA) is 58.6 Å². The lowest BCUT2D eigenvalue weighted by Gasteiger charge is -2.32. The molecule has 1 heterocycles. The molecule has 4 rings (SSSR count). The second-order valence-corrected chi connectivity index (χ2v) is 8.32. The van der Waals surface area contributed by atoms with Gasteiger partial charge in [0, 0.05) is 6.04 Å². The second-order valence-electron chi connectivity index (χ2n) is 8.32. The number of fused-ring (bicyclic) bond motifs is 1. The molecule has 0 unspecified atom stereocenters. The standard InChI is InChI=1S/C25H28N2O3/c1-17-8-7-10-19(14-17)15-23-25(29)27(21-12-5-6-13-22(21)30-23)16-24(28)26-20-11-4-3-9-18(20)2/h5-8,10,12-15,18,20H,3-4,9,11,16H2,1-2H3,(H,26,28)/b23-15+/t18-,20+/m1/s1. The molecule has 2 atom stereocenters. The lowest BCUT2D eigenvalue weighted by atomic mass is 9.86. The predicted octanol–water partition coefficient (Wildman–Crippen LogP) is 4.46. The molecule has 0 radical (unpaired) electrons. The number of benzene rings is 2. The first-order valence-corrected chi connectivity index (χ1v) is 10.7. The molecule has 156 valence electrons. The second kappa shape index (κ2) is 8.74. The number of carbonyl (C=O) groups excluding carboxylic acids is 2. The Kier molecular flexibility index (Phi) is 5.88. The number of hydrogen-bond donors (Lipinski definition) is 1. The van der Waals surface area contributed by atoms with Gasteiger partial charge in [0.1, 0.15) is 6.54 Å². The van der Waals surface area contributed by atoms with Crippen LogP contribution in [-0.2, 0) is 9.59 Å². The maximum absolute atomic E-state index is 13.2. The fourth-order valence-electron chi connectivity index (χ4n) is 4.26. The van der Waals surface area contributed by atoms with Crippen molar-refractivity contribution in [3.05, 3.63) is 65.4 Å². The van der Waals surface area contributed by atoms with Crippen LogP contribution in [0.15, 0.2) is 54.3 Å². The fraction of sp³-hybridized carbons (Fsp3) is 0.360. The number of para-hydroxylation sites is 2. The molecule has 0 spiro atoms. The Balaban J connectivity index is 1.57. The summed E-state index contributed by atoms with van der Waals surface area (Å²) in [5, 5.41) is 3.15. The average molecular weight is 405 g/mol. The van der Waals surface area contributed by atoms with Crippen LogP contribution in [-0.4, -0.2) is 24.4 Å². The van der Waals surface area contributed by atoms with Crippen LogP contribution in [0.2, 0.25) is 0 Å². The summed E-state index contributed by atoms with van der Waals surface area (Å²) in [4.78, 5) is 27.6. The van der Waals surface area contributed by atoms with E-state index < -0.39 is 0 Å². The zero-order chi connectivity index (χ0) is 21.1. The Morgan fingerprint density at radius 2 is 1.97 bits per heavy atom. The molecule has 1 saturated carbocycles.